The van der Waals surface area contributed by atoms with Crippen molar-refractivity contribution in [2.24, 2.45) is 0 Å². The molecule has 0 aliphatic rings. The molecular formula is C21H19NO4. The zero-order valence-electron chi connectivity index (χ0n) is 14.5. The van der Waals surface area contributed by atoms with E-state index in [1.807, 2.05) is 36.4 Å². The Morgan fingerprint density at radius 3 is 2.58 bits per heavy atom. The highest BCUT2D eigenvalue weighted by molar-refractivity contribution is 6.04. The lowest BCUT2D eigenvalue weighted by atomic mass is 10.1. The third-order valence-corrected chi connectivity index (χ3v) is 4.07. The number of phenolic OH excluding ortho intramolecular Hbond substituents is 1. The quantitative estimate of drug-likeness (QED) is 0.697. The summed E-state index contributed by atoms with van der Waals surface area (Å²) in [7, 11) is 0. The Kier molecular flexibility index (Phi) is 4.89. The molecule has 0 spiro atoms. The molecule has 0 aromatic heterocycles. The van der Waals surface area contributed by atoms with Crippen molar-refractivity contribution in [2.45, 2.75) is 20.0 Å². The summed E-state index contributed by atoms with van der Waals surface area (Å²) in [5, 5.41) is 14.5. The number of amides is 1. The van der Waals surface area contributed by atoms with Crippen LogP contribution < -0.4 is 5.32 Å². The minimum absolute atomic E-state index is 0.0369. The minimum atomic E-state index is -1.01. The van der Waals surface area contributed by atoms with Crippen molar-refractivity contribution in [3.63, 3.8) is 0 Å². The van der Waals surface area contributed by atoms with Gasteiger partial charge in [-0.15, -0.1) is 0 Å². The third-order valence-electron chi connectivity index (χ3n) is 4.07. The Hall–Kier alpha value is -3.34. The molecule has 2 N–H and O–H groups in total. The lowest BCUT2D eigenvalue weighted by Crippen LogP contribution is -2.30. The van der Waals surface area contributed by atoms with Crippen molar-refractivity contribution in [3.8, 4) is 5.75 Å². The molecule has 0 fully saturated rings. The Labute approximate surface area is 151 Å². The molecule has 3 aromatic carbocycles. The molecule has 0 heterocycles. The second kappa shape index (κ2) is 7.27. The molecule has 1 amide bonds. The Bertz CT molecular complexity index is 975. The van der Waals surface area contributed by atoms with Gasteiger partial charge in [-0.25, -0.2) is 4.79 Å². The van der Waals surface area contributed by atoms with Crippen molar-refractivity contribution < 1.29 is 19.4 Å². The fourth-order valence-corrected chi connectivity index (χ4v) is 2.66. The summed E-state index contributed by atoms with van der Waals surface area (Å²) in [6.07, 6.45) is -1.01. The van der Waals surface area contributed by atoms with Gasteiger partial charge in [0.15, 0.2) is 6.10 Å². The second-order valence-electron chi connectivity index (χ2n) is 6.08. The van der Waals surface area contributed by atoms with Gasteiger partial charge in [0.25, 0.3) is 5.91 Å². The van der Waals surface area contributed by atoms with E-state index in [0.717, 1.165) is 16.3 Å². The van der Waals surface area contributed by atoms with Gasteiger partial charge >= 0.3 is 5.97 Å². The molecule has 0 saturated heterocycles. The number of benzene rings is 3. The first kappa shape index (κ1) is 17.5. The Morgan fingerprint density at radius 1 is 1.04 bits per heavy atom. The smallest absolute Gasteiger partial charge is 0.342 e. The normalized spacial score (nSPS) is 11.8. The van der Waals surface area contributed by atoms with Crippen LogP contribution in [0.3, 0.4) is 0 Å². The molecule has 26 heavy (non-hydrogen) atoms. The number of rotatable bonds is 4. The van der Waals surface area contributed by atoms with Crippen LogP contribution in [0.5, 0.6) is 5.75 Å². The van der Waals surface area contributed by atoms with E-state index in [2.05, 4.69) is 5.32 Å². The van der Waals surface area contributed by atoms with Crippen molar-refractivity contribution in [2.75, 3.05) is 5.32 Å². The topological polar surface area (TPSA) is 75.6 Å². The molecule has 0 radical (unpaired) electrons. The van der Waals surface area contributed by atoms with E-state index in [9.17, 15) is 14.7 Å². The van der Waals surface area contributed by atoms with Crippen LogP contribution in [0, 0.1) is 6.92 Å². The highest BCUT2D eigenvalue weighted by Gasteiger charge is 2.21. The van der Waals surface area contributed by atoms with Crippen LogP contribution in [0.1, 0.15) is 22.8 Å². The first-order valence-corrected chi connectivity index (χ1v) is 8.25. The van der Waals surface area contributed by atoms with Crippen molar-refractivity contribution >= 4 is 28.3 Å². The number of aryl methyl sites for hydroxylation is 1. The SMILES string of the molecule is Cc1ccc(O)c(C(=O)O[C@H](C)C(=O)Nc2cccc3ccccc23)c1. The lowest BCUT2D eigenvalue weighted by Gasteiger charge is -2.15. The summed E-state index contributed by atoms with van der Waals surface area (Å²) < 4.78 is 5.21. The standard InChI is InChI=1S/C21H19NO4/c1-13-10-11-19(23)17(12-13)21(25)26-14(2)20(24)22-18-9-5-7-15-6-3-4-8-16(15)18/h3-12,14,23H,1-2H3,(H,22,24)/t14-/m1/s1. The monoisotopic (exact) mass is 349 g/mol. The predicted molar refractivity (Wildman–Crippen MR) is 100 cm³/mol. The summed E-state index contributed by atoms with van der Waals surface area (Å²) >= 11 is 0. The van der Waals surface area contributed by atoms with E-state index in [0.29, 0.717) is 5.69 Å². The number of fused-ring (bicyclic) bond motifs is 1. The van der Waals surface area contributed by atoms with Crippen molar-refractivity contribution in [1.82, 2.24) is 0 Å². The molecule has 0 aliphatic heterocycles. The van der Waals surface area contributed by atoms with Gasteiger partial charge < -0.3 is 15.2 Å². The number of hydrogen-bond donors (Lipinski definition) is 2. The summed E-state index contributed by atoms with van der Waals surface area (Å²) in [5.41, 5.74) is 1.49. The van der Waals surface area contributed by atoms with Gasteiger partial charge in [-0.2, -0.15) is 0 Å². The molecule has 0 aliphatic carbocycles. The summed E-state index contributed by atoms with van der Waals surface area (Å²) in [4.78, 5) is 24.7. The maximum atomic E-state index is 12.4. The maximum Gasteiger partial charge on any atom is 0.342 e. The van der Waals surface area contributed by atoms with Crippen LogP contribution in [0.25, 0.3) is 10.8 Å². The number of hydrogen-bond acceptors (Lipinski definition) is 4. The van der Waals surface area contributed by atoms with Gasteiger partial charge in [0.05, 0.1) is 0 Å². The van der Waals surface area contributed by atoms with Crippen LogP contribution in [0.2, 0.25) is 0 Å². The van der Waals surface area contributed by atoms with E-state index in [-0.39, 0.29) is 11.3 Å². The number of carbonyl (C=O) groups excluding carboxylic acids is 2. The largest absolute Gasteiger partial charge is 0.507 e. The maximum absolute atomic E-state index is 12.4. The Balaban J connectivity index is 1.73. The van der Waals surface area contributed by atoms with E-state index in [4.69, 9.17) is 4.74 Å². The second-order valence-corrected chi connectivity index (χ2v) is 6.08. The van der Waals surface area contributed by atoms with Gasteiger partial charge in [0.1, 0.15) is 11.3 Å². The van der Waals surface area contributed by atoms with Gasteiger partial charge in [0, 0.05) is 11.1 Å². The van der Waals surface area contributed by atoms with Crippen LogP contribution in [0.4, 0.5) is 5.69 Å². The average molecular weight is 349 g/mol. The van der Waals surface area contributed by atoms with Crippen LogP contribution in [-0.2, 0) is 9.53 Å². The first-order valence-electron chi connectivity index (χ1n) is 8.25. The number of nitrogens with one attached hydrogen (secondary N) is 1. The molecule has 0 unspecified atom stereocenters. The molecule has 5 heteroatoms. The van der Waals surface area contributed by atoms with Crippen molar-refractivity contribution in [1.29, 1.82) is 0 Å². The first-order chi connectivity index (χ1) is 12.5. The molecular weight excluding hydrogens is 330 g/mol. The van der Waals surface area contributed by atoms with E-state index in [1.165, 1.54) is 19.1 Å². The van der Waals surface area contributed by atoms with Crippen LogP contribution >= 0.6 is 0 Å². The van der Waals surface area contributed by atoms with Crippen molar-refractivity contribution in [3.05, 3.63) is 71.8 Å². The average Bonchev–Trinajstić information content (AvgIpc) is 2.63. The summed E-state index contributed by atoms with van der Waals surface area (Å²) in [6.45, 7) is 3.29. The van der Waals surface area contributed by atoms with Gasteiger partial charge in [0.2, 0.25) is 0 Å². The number of phenols is 1. The molecule has 1 atom stereocenters. The van der Waals surface area contributed by atoms with E-state index < -0.39 is 18.0 Å². The highest BCUT2D eigenvalue weighted by atomic mass is 16.5. The predicted octanol–water partition coefficient (Wildman–Crippen LogP) is 4.04. The zero-order valence-corrected chi connectivity index (χ0v) is 14.5. The number of ether oxygens (including phenoxy) is 1. The van der Waals surface area contributed by atoms with Crippen LogP contribution in [0.15, 0.2) is 60.7 Å². The van der Waals surface area contributed by atoms with Crippen LogP contribution in [-0.4, -0.2) is 23.1 Å². The summed E-state index contributed by atoms with van der Waals surface area (Å²) in [6, 6.07) is 17.9. The fourth-order valence-electron chi connectivity index (χ4n) is 2.66. The fraction of sp³-hybridized carbons (Fsp3) is 0.143. The lowest BCUT2D eigenvalue weighted by molar-refractivity contribution is -0.123. The third kappa shape index (κ3) is 3.67. The van der Waals surface area contributed by atoms with E-state index >= 15 is 0 Å². The molecule has 3 rings (SSSR count). The van der Waals surface area contributed by atoms with Gasteiger partial charge in [-0.1, -0.05) is 48.0 Å². The van der Waals surface area contributed by atoms with Gasteiger partial charge in [-0.05, 0) is 37.4 Å². The molecule has 0 saturated carbocycles. The molecule has 132 valence electrons. The van der Waals surface area contributed by atoms with Gasteiger partial charge in [-0.3, -0.25) is 4.79 Å². The molecule has 0 bridgehead atoms. The number of carbonyl (C=O) groups is 2. The molecule has 3 aromatic rings. The minimum Gasteiger partial charge on any atom is -0.507 e. The summed E-state index contributed by atoms with van der Waals surface area (Å²) in [5.74, 6) is -1.36. The number of aromatic hydroxyl groups is 1. The number of esters is 1. The molecule has 5 nitrogen and oxygen atoms in total. The Morgan fingerprint density at radius 2 is 1.77 bits per heavy atom. The van der Waals surface area contributed by atoms with E-state index in [1.54, 1.807) is 19.1 Å². The number of anilines is 1. The highest BCUT2D eigenvalue weighted by Crippen LogP contribution is 2.24. The zero-order chi connectivity index (χ0) is 18.7.